The number of ether oxygens (including phenoxy) is 1. The Morgan fingerprint density at radius 1 is 1.03 bits per heavy atom. The summed E-state index contributed by atoms with van der Waals surface area (Å²) in [7, 11) is 3.11. The molecular formula is C26H23F3N8O. The molecule has 1 fully saturated rings. The van der Waals surface area contributed by atoms with Crippen LogP contribution >= 0.6 is 0 Å². The van der Waals surface area contributed by atoms with Crippen molar-refractivity contribution in [1.29, 1.82) is 0 Å². The van der Waals surface area contributed by atoms with Gasteiger partial charge in [-0.15, -0.1) is 0 Å². The van der Waals surface area contributed by atoms with Crippen LogP contribution in [0.1, 0.15) is 48.7 Å². The fourth-order valence-corrected chi connectivity index (χ4v) is 4.58. The van der Waals surface area contributed by atoms with E-state index in [1.165, 1.54) is 10.9 Å². The van der Waals surface area contributed by atoms with Gasteiger partial charge in [-0.1, -0.05) is 24.3 Å². The molecule has 1 aromatic carbocycles. The molecule has 0 spiro atoms. The molecule has 1 unspecified atom stereocenters. The normalized spacial score (nSPS) is 14.7. The van der Waals surface area contributed by atoms with Crippen molar-refractivity contribution in [2.45, 2.75) is 37.9 Å². The van der Waals surface area contributed by atoms with Crippen LogP contribution < -0.4 is 4.74 Å². The van der Waals surface area contributed by atoms with Gasteiger partial charge in [-0.25, -0.2) is 29.6 Å². The number of nitrogens with zero attached hydrogens (tertiary/aromatic N) is 8. The van der Waals surface area contributed by atoms with Crippen LogP contribution in [-0.2, 0) is 13.2 Å². The highest BCUT2D eigenvalue weighted by atomic mass is 19.4. The Labute approximate surface area is 215 Å². The monoisotopic (exact) mass is 520 g/mol. The van der Waals surface area contributed by atoms with Gasteiger partial charge in [0.05, 0.1) is 30.4 Å². The third-order valence-electron chi connectivity index (χ3n) is 6.74. The molecule has 0 aliphatic heterocycles. The molecule has 0 N–H and O–H groups in total. The zero-order valence-electron chi connectivity index (χ0n) is 20.8. The fraction of sp³-hybridized carbons (Fsp3) is 0.308. The van der Waals surface area contributed by atoms with Crippen LogP contribution in [0, 0.1) is 0 Å². The number of hydrogen-bond acceptors (Lipinski definition) is 7. The second-order valence-electron chi connectivity index (χ2n) is 9.34. The molecule has 194 valence electrons. The van der Waals surface area contributed by atoms with Crippen molar-refractivity contribution in [3.63, 3.8) is 0 Å². The second-order valence-corrected chi connectivity index (χ2v) is 9.34. The topological polar surface area (TPSA) is 96.4 Å². The van der Waals surface area contributed by atoms with E-state index in [4.69, 9.17) is 9.72 Å². The van der Waals surface area contributed by atoms with E-state index in [9.17, 15) is 13.2 Å². The van der Waals surface area contributed by atoms with E-state index in [1.54, 1.807) is 43.4 Å². The lowest BCUT2D eigenvalue weighted by Gasteiger charge is -2.15. The predicted octanol–water partition coefficient (Wildman–Crippen LogP) is 5.20. The van der Waals surface area contributed by atoms with Crippen LogP contribution in [0.4, 0.5) is 13.2 Å². The molecule has 0 amide bonds. The van der Waals surface area contributed by atoms with Crippen LogP contribution in [0.3, 0.4) is 0 Å². The van der Waals surface area contributed by atoms with Crippen molar-refractivity contribution in [3.05, 3.63) is 66.1 Å². The summed E-state index contributed by atoms with van der Waals surface area (Å²) in [5.74, 6) is 1.48. The van der Waals surface area contributed by atoms with Gasteiger partial charge < -0.3 is 9.30 Å². The van der Waals surface area contributed by atoms with Gasteiger partial charge in [0.1, 0.15) is 17.7 Å². The quantitative estimate of drug-likeness (QED) is 0.304. The standard InChI is InChI=1S/C26H23F3N8O/c1-14(15-4-8-17(9-5-15)23-34-19(12-36(23)2)26(27,28)29)37-24-18(11-33-37)10-30-22(35-24)20-21(16-6-7-16)31-13-32-25(20)38-3/h4-5,8-14,16H,6-7H2,1-3H3. The van der Waals surface area contributed by atoms with E-state index in [2.05, 4.69) is 25.0 Å². The van der Waals surface area contributed by atoms with Crippen molar-refractivity contribution >= 4 is 11.0 Å². The first kappa shape index (κ1) is 24.0. The second kappa shape index (κ2) is 8.89. The number of rotatable bonds is 6. The number of alkyl halides is 3. The Kier molecular flexibility index (Phi) is 5.62. The van der Waals surface area contributed by atoms with E-state index >= 15 is 0 Å². The summed E-state index contributed by atoms with van der Waals surface area (Å²) in [6.07, 6.45) is 3.52. The number of halogens is 3. The summed E-state index contributed by atoms with van der Waals surface area (Å²) >= 11 is 0. The van der Waals surface area contributed by atoms with Crippen LogP contribution in [0.2, 0.25) is 0 Å². The molecule has 4 aromatic heterocycles. The van der Waals surface area contributed by atoms with Crippen molar-refractivity contribution in [2.75, 3.05) is 7.11 Å². The summed E-state index contributed by atoms with van der Waals surface area (Å²) in [5.41, 5.74) is 2.78. The minimum absolute atomic E-state index is 0.215. The number of aryl methyl sites for hydroxylation is 1. The molecule has 9 nitrogen and oxygen atoms in total. The molecule has 1 atom stereocenters. The Bertz CT molecular complexity index is 1640. The maximum atomic E-state index is 13.1. The number of imidazole rings is 1. The highest BCUT2D eigenvalue weighted by Crippen LogP contribution is 2.45. The lowest BCUT2D eigenvalue weighted by Crippen LogP contribution is -2.10. The van der Waals surface area contributed by atoms with Crippen molar-refractivity contribution < 1.29 is 17.9 Å². The van der Waals surface area contributed by atoms with Gasteiger partial charge in [-0.3, -0.25) is 0 Å². The third kappa shape index (κ3) is 4.15. The number of fused-ring (bicyclic) bond motifs is 1. The SMILES string of the molecule is COc1ncnc(C2CC2)c1-c1ncc2cnn(C(C)c3ccc(-c4nc(C(F)(F)F)cn4C)cc3)c2n1. The first-order valence-electron chi connectivity index (χ1n) is 12.0. The average molecular weight is 521 g/mol. The summed E-state index contributed by atoms with van der Waals surface area (Å²) in [4.78, 5) is 21.9. The van der Waals surface area contributed by atoms with Gasteiger partial charge in [0.15, 0.2) is 17.2 Å². The van der Waals surface area contributed by atoms with E-state index < -0.39 is 11.9 Å². The van der Waals surface area contributed by atoms with Crippen LogP contribution in [0.15, 0.2) is 49.2 Å². The molecule has 0 saturated heterocycles. The van der Waals surface area contributed by atoms with Crippen molar-refractivity contribution in [3.8, 4) is 28.7 Å². The Balaban J connectivity index is 1.35. The third-order valence-corrected chi connectivity index (χ3v) is 6.74. The van der Waals surface area contributed by atoms with Gasteiger partial charge in [0.25, 0.3) is 0 Å². The van der Waals surface area contributed by atoms with Gasteiger partial charge >= 0.3 is 6.18 Å². The highest BCUT2D eigenvalue weighted by molar-refractivity contribution is 5.77. The number of methoxy groups -OCH3 is 1. The number of hydrogen-bond donors (Lipinski definition) is 0. The molecule has 12 heteroatoms. The summed E-state index contributed by atoms with van der Waals surface area (Å²) in [6.45, 7) is 1.98. The summed E-state index contributed by atoms with van der Waals surface area (Å²) in [5, 5.41) is 5.33. The van der Waals surface area contributed by atoms with Gasteiger partial charge in [0.2, 0.25) is 5.88 Å². The Morgan fingerprint density at radius 3 is 2.45 bits per heavy atom. The van der Waals surface area contributed by atoms with E-state index in [-0.39, 0.29) is 11.9 Å². The van der Waals surface area contributed by atoms with Crippen molar-refractivity contribution in [2.24, 2.45) is 7.05 Å². The molecule has 0 radical (unpaired) electrons. The molecular weight excluding hydrogens is 497 g/mol. The summed E-state index contributed by atoms with van der Waals surface area (Å²) in [6, 6.07) is 7.02. The molecule has 0 bridgehead atoms. The minimum atomic E-state index is -4.50. The van der Waals surface area contributed by atoms with Crippen LogP contribution in [0.5, 0.6) is 5.88 Å². The average Bonchev–Trinajstić information content (AvgIpc) is 3.55. The first-order chi connectivity index (χ1) is 18.2. The highest BCUT2D eigenvalue weighted by Gasteiger charge is 2.35. The summed E-state index contributed by atoms with van der Waals surface area (Å²) < 4.78 is 47.9. The molecule has 5 aromatic rings. The molecule has 1 aliphatic rings. The van der Waals surface area contributed by atoms with E-state index in [0.29, 0.717) is 34.4 Å². The zero-order valence-corrected chi connectivity index (χ0v) is 20.8. The van der Waals surface area contributed by atoms with Crippen molar-refractivity contribution in [1.82, 2.24) is 39.3 Å². The lowest BCUT2D eigenvalue weighted by atomic mass is 10.1. The van der Waals surface area contributed by atoms with Crippen LogP contribution in [0.25, 0.3) is 33.8 Å². The minimum Gasteiger partial charge on any atom is -0.480 e. The van der Waals surface area contributed by atoms with Gasteiger partial charge in [-0.2, -0.15) is 18.3 Å². The number of benzene rings is 1. The van der Waals surface area contributed by atoms with Gasteiger partial charge in [0, 0.05) is 30.9 Å². The van der Waals surface area contributed by atoms with E-state index in [0.717, 1.165) is 35.7 Å². The fourth-order valence-electron chi connectivity index (χ4n) is 4.58. The molecule has 1 aliphatic carbocycles. The lowest BCUT2D eigenvalue weighted by molar-refractivity contribution is -0.140. The molecule has 6 rings (SSSR count). The molecule has 1 saturated carbocycles. The number of aromatic nitrogens is 8. The molecule has 4 heterocycles. The Morgan fingerprint density at radius 2 is 1.79 bits per heavy atom. The predicted molar refractivity (Wildman–Crippen MR) is 132 cm³/mol. The maximum absolute atomic E-state index is 13.1. The zero-order chi connectivity index (χ0) is 26.6. The van der Waals surface area contributed by atoms with Gasteiger partial charge in [-0.05, 0) is 25.3 Å². The largest absolute Gasteiger partial charge is 0.480 e. The maximum Gasteiger partial charge on any atom is 0.434 e. The van der Waals surface area contributed by atoms with Crippen LogP contribution in [-0.4, -0.2) is 46.4 Å². The first-order valence-corrected chi connectivity index (χ1v) is 12.0. The Hall–Kier alpha value is -4.35. The molecule has 38 heavy (non-hydrogen) atoms. The van der Waals surface area contributed by atoms with E-state index in [1.807, 2.05) is 19.1 Å². The smallest absolute Gasteiger partial charge is 0.434 e.